The van der Waals surface area contributed by atoms with Gasteiger partial charge in [0.05, 0.1) is 5.69 Å². The van der Waals surface area contributed by atoms with Gasteiger partial charge in [-0.15, -0.1) is 0 Å². The van der Waals surface area contributed by atoms with Gasteiger partial charge in [-0.2, -0.15) is 0 Å². The van der Waals surface area contributed by atoms with E-state index >= 15 is 0 Å². The number of fused-ring (bicyclic) bond motifs is 7. The van der Waals surface area contributed by atoms with Crippen molar-refractivity contribution < 1.29 is 8.83 Å². The zero-order valence-electron chi connectivity index (χ0n) is 33.1. The Labute approximate surface area is 353 Å². The molecule has 0 N–H and O–H groups in total. The first-order chi connectivity index (χ1) is 30.2. The van der Waals surface area contributed by atoms with E-state index in [-0.39, 0.29) is 0 Å². The topological polar surface area (TPSA) is 29.5 Å². The molecule has 12 aromatic rings. The first kappa shape index (κ1) is 34.9. The number of para-hydroxylation sites is 4. The molecule has 0 saturated heterocycles. The molecule has 12 rings (SSSR count). The average Bonchev–Trinajstić information content (AvgIpc) is 3.91. The van der Waals surface area contributed by atoms with Crippen molar-refractivity contribution in [3.63, 3.8) is 0 Å². The highest BCUT2D eigenvalue weighted by molar-refractivity contribution is 6.10. The highest BCUT2D eigenvalue weighted by atomic mass is 16.3. The smallest absolute Gasteiger partial charge is 0.143 e. The van der Waals surface area contributed by atoms with Crippen LogP contribution in [-0.4, -0.2) is 0 Å². The van der Waals surface area contributed by atoms with Gasteiger partial charge in [-0.3, -0.25) is 0 Å². The van der Waals surface area contributed by atoms with Crippen molar-refractivity contribution >= 4 is 71.7 Å². The van der Waals surface area contributed by atoms with Crippen LogP contribution in [0.1, 0.15) is 0 Å². The molecule has 0 amide bonds. The van der Waals surface area contributed by atoms with E-state index in [1.54, 1.807) is 0 Å². The van der Waals surface area contributed by atoms with E-state index in [9.17, 15) is 0 Å². The normalized spacial score (nSPS) is 11.6. The molecule has 10 aromatic carbocycles. The number of nitrogens with zero attached hydrogens (tertiary/aromatic N) is 1. The summed E-state index contributed by atoms with van der Waals surface area (Å²) < 4.78 is 12.7. The van der Waals surface area contributed by atoms with E-state index in [0.29, 0.717) is 0 Å². The van der Waals surface area contributed by atoms with Crippen LogP contribution in [-0.2, 0) is 0 Å². The van der Waals surface area contributed by atoms with Crippen molar-refractivity contribution in [2.45, 2.75) is 0 Å². The second-order valence-corrected chi connectivity index (χ2v) is 15.7. The summed E-state index contributed by atoms with van der Waals surface area (Å²) in [6, 6.07) is 80.0. The van der Waals surface area contributed by atoms with Crippen LogP contribution < -0.4 is 4.90 Å². The summed E-state index contributed by atoms with van der Waals surface area (Å²) in [6.45, 7) is 0. The summed E-state index contributed by atoms with van der Waals surface area (Å²) in [4.78, 5) is 2.37. The Morgan fingerprint density at radius 3 is 1.54 bits per heavy atom. The maximum Gasteiger partial charge on any atom is 0.143 e. The lowest BCUT2D eigenvalue weighted by Gasteiger charge is -2.28. The average molecular weight is 780 g/mol. The van der Waals surface area contributed by atoms with E-state index in [0.717, 1.165) is 88.8 Å². The first-order valence-electron chi connectivity index (χ1n) is 20.7. The molecule has 2 heterocycles. The monoisotopic (exact) mass is 779 g/mol. The van der Waals surface area contributed by atoms with Gasteiger partial charge in [0.1, 0.15) is 22.3 Å². The molecule has 0 aliphatic carbocycles. The molecule has 0 unspecified atom stereocenters. The van der Waals surface area contributed by atoms with Gasteiger partial charge in [0.2, 0.25) is 0 Å². The molecule has 0 radical (unpaired) electrons. The van der Waals surface area contributed by atoms with Gasteiger partial charge in [-0.1, -0.05) is 164 Å². The van der Waals surface area contributed by atoms with Crippen molar-refractivity contribution in [3.8, 4) is 44.5 Å². The van der Waals surface area contributed by atoms with Gasteiger partial charge < -0.3 is 13.7 Å². The standard InChI is InChI=1S/C58H37NO2/c1-2-11-43-36-44(25-24-38(43)10-1)41-22-20-39(21-23-41)40-26-31-46(32-27-40)59(47-33-28-42(29-34-47)49-15-9-16-52-50-13-4-8-19-56(50)61-58(49)52)54-17-6-3-12-48(54)45-30-35-57-53(37-45)51-14-5-7-18-55(51)60-57/h1-37H. The third kappa shape index (κ3) is 6.06. The molecule has 61 heavy (non-hydrogen) atoms. The van der Waals surface area contributed by atoms with E-state index in [4.69, 9.17) is 8.83 Å². The quantitative estimate of drug-likeness (QED) is 0.161. The van der Waals surface area contributed by atoms with E-state index < -0.39 is 0 Å². The third-order valence-electron chi connectivity index (χ3n) is 12.1. The largest absolute Gasteiger partial charge is 0.456 e. The minimum Gasteiger partial charge on any atom is -0.456 e. The number of anilines is 3. The van der Waals surface area contributed by atoms with Crippen LogP contribution in [0.4, 0.5) is 17.1 Å². The first-order valence-corrected chi connectivity index (χ1v) is 20.7. The van der Waals surface area contributed by atoms with Gasteiger partial charge in [0.15, 0.2) is 0 Å². The predicted molar refractivity (Wildman–Crippen MR) is 255 cm³/mol. The SMILES string of the molecule is c1ccc(N(c2ccc(-c3ccc(-c4ccc5ccccc5c4)cc3)cc2)c2ccc(-c3cccc4c3oc3ccccc34)cc2)c(-c2ccc3oc4ccccc4c3c2)c1. The van der Waals surface area contributed by atoms with Gasteiger partial charge in [-0.25, -0.2) is 0 Å². The molecular weight excluding hydrogens is 743 g/mol. The van der Waals surface area contributed by atoms with Crippen molar-refractivity contribution in [1.82, 2.24) is 0 Å². The summed E-state index contributed by atoms with van der Waals surface area (Å²) in [5, 5.41) is 6.98. The molecule has 0 bridgehead atoms. The second-order valence-electron chi connectivity index (χ2n) is 15.7. The van der Waals surface area contributed by atoms with Crippen LogP contribution in [0.25, 0.3) is 99.2 Å². The number of rotatable bonds is 7. The predicted octanol–water partition coefficient (Wildman–Crippen LogP) is 16.8. The number of hydrogen-bond acceptors (Lipinski definition) is 3. The van der Waals surface area contributed by atoms with Crippen molar-refractivity contribution in [3.05, 3.63) is 224 Å². The second kappa shape index (κ2) is 14.3. The Morgan fingerprint density at radius 2 is 0.787 bits per heavy atom. The Hall–Kier alpha value is -8.14. The minimum atomic E-state index is 0.884. The fraction of sp³-hybridized carbons (Fsp3) is 0. The van der Waals surface area contributed by atoms with Crippen molar-refractivity contribution in [1.29, 1.82) is 0 Å². The van der Waals surface area contributed by atoms with E-state index in [1.165, 1.54) is 27.5 Å². The molecule has 0 fully saturated rings. The molecule has 0 atom stereocenters. The highest BCUT2D eigenvalue weighted by Crippen LogP contribution is 2.44. The zero-order valence-corrected chi connectivity index (χ0v) is 33.1. The maximum absolute atomic E-state index is 6.45. The lowest BCUT2D eigenvalue weighted by molar-refractivity contribution is 0.669. The van der Waals surface area contributed by atoms with Crippen LogP contribution in [0.15, 0.2) is 233 Å². The van der Waals surface area contributed by atoms with E-state index in [1.807, 2.05) is 24.3 Å². The van der Waals surface area contributed by atoms with Crippen LogP contribution >= 0.6 is 0 Å². The molecule has 3 heteroatoms. The van der Waals surface area contributed by atoms with Crippen LogP contribution in [0.2, 0.25) is 0 Å². The molecule has 3 nitrogen and oxygen atoms in total. The molecule has 0 aliphatic heterocycles. The van der Waals surface area contributed by atoms with Crippen molar-refractivity contribution in [2.75, 3.05) is 4.90 Å². The van der Waals surface area contributed by atoms with Gasteiger partial charge in [-0.05, 0) is 105 Å². The van der Waals surface area contributed by atoms with Crippen molar-refractivity contribution in [2.24, 2.45) is 0 Å². The maximum atomic E-state index is 6.45. The Balaban J connectivity index is 0.946. The van der Waals surface area contributed by atoms with E-state index in [2.05, 4.69) is 205 Å². The Bertz CT molecular complexity index is 3580. The minimum absolute atomic E-state index is 0.884. The fourth-order valence-electron chi connectivity index (χ4n) is 9.03. The number of benzene rings is 10. The fourth-order valence-corrected chi connectivity index (χ4v) is 9.03. The van der Waals surface area contributed by atoms with Gasteiger partial charge in [0.25, 0.3) is 0 Å². The summed E-state index contributed by atoms with van der Waals surface area (Å²) in [5.74, 6) is 0. The molecular formula is C58H37NO2. The number of furan rings is 2. The molecule has 0 saturated carbocycles. The summed E-state index contributed by atoms with van der Waals surface area (Å²) in [7, 11) is 0. The lowest BCUT2D eigenvalue weighted by atomic mass is 9.97. The van der Waals surface area contributed by atoms with Gasteiger partial charge >= 0.3 is 0 Å². The summed E-state index contributed by atoms with van der Waals surface area (Å²) >= 11 is 0. The summed E-state index contributed by atoms with van der Waals surface area (Å²) in [5.41, 5.74) is 15.9. The molecule has 2 aromatic heterocycles. The van der Waals surface area contributed by atoms with Gasteiger partial charge in [0, 0.05) is 44.0 Å². The van der Waals surface area contributed by atoms with Crippen LogP contribution in [0, 0.1) is 0 Å². The third-order valence-corrected chi connectivity index (χ3v) is 12.1. The number of hydrogen-bond donors (Lipinski definition) is 0. The lowest BCUT2D eigenvalue weighted by Crippen LogP contribution is -2.11. The van der Waals surface area contributed by atoms with Crippen LogP contribution in [0.5, 0.6) is 0 Å². The van der Waals surface area contributed by atoms with Crippen LogP contribution in [0.3, 0.4) is 0 Å². The Morgan fingerprint density at radius 1 is 0.279 bits per heavy atom. The molecule has 286 valence electrons. The highest BCUT2D eigenvalue weighted by Gasteiger charge is 2.20. The molecule has 0 spiro atoms. The Kier molecular flexibility index (Phi) is 8.17. The zero-order chi connectivity index (χ0) is 40.3. The molecule has 0 aliphatic rings. The summed E-state index contributed by atoms with van der Waals surface area (Å²) in [6.07, 6.45) is 0.